The van der Waals surface area contributed by atoms with Crippen LogP contribution in [-0.4, -0.2) is 99.1 Å². The summed E-state index contributed by atoms with van der Waals surface area (Å²) in [6, 6.07) is 19.2. The monoisotopic (exact) mass is 948 g/mol. The summed E-state index contributed by atoms with van der Waals surface area (Å²) in [5.74, 6) is 1.41. The van der Waals surface area contributed by atoms with Crippen molar-refractivity contribution in [3.63, 3.8) is 0 Å². The molecule has 0 saturated carbocycles. The molecule has 4 aromatic carbocycles. The smallest absolute Gasteiger partial charge is 0.746 e. The minimum atomic E-state index is -4.98. The zero-order chi connectivity index (χ0) is 44.4. The SMILES string of the molecule is COc1cccc(C2=CN3C(=O)c4cc(OC)c(OCCCOc5cc6c(cc5OC)C(=O)N5C=C(c7cccc(OC)c7)C[C@H]5[C@H](SOO[O-])N6)cc4N[C@@H](S(=O)(=O)[O-])[C@@H]3C2)c1.[Na+].[Na+]. The molecule has 4 aliphatic heterocycles. The molecule has 0 aromatic heterocycles. The van der Waals surface area contributed by atoms with E-state index < -0.39 is 38.9 Å². The molecule has 22 heteroatoms. The summed E-state index contributed by atoms with van der Waals surface area (Å²) >= 11 is 0.741. The van der Waals surface area contributed by atoms with Crippen molar-refractivity contribution >= 4 is 56.5 Å². The second-order valence-electron chi connectivity index (χ2n) is 14.7. The van der Waals surface area contributed by atoms with E-state index in [0.717, 1.165) is 28.7 Å². The van der Waals surface area contributed by atoms with Crippen molar-refractivity contribution in [2.45, 2.75) is 42.1 Å². The first-order chi connectivity index (χ1) is 30.4. The van der Waals surface area contributed by atoms with E-state index in [9.17, 15) is 27.8 Å². The standard InChI is InChI=1S/C43H44N4O14S2.2Na/c1-54-28-10-5-8-24(14-28)26-16-34-40(62-61-60-50)44-32-20-38(36(56-3)18-30(32)42(48)46(34)22-26)58-12-7-13-59-39-21-33-31(19-37(39)57-4)43(49)47-23-27(25-9-6-11-29(15-25)55-2)17-35(47)41(45-33)63(51,52)53;;/h5-6,8-11,14-15,18-23,34-35,40-41,44-45,50H,7,12-13,16-17H2,1-4H3,(H,51,52,53);;/q;2*+1/p-2/t34-,35-,40-,41-;;/m0../s1. The molecule has 0 bridgehead atoms. The van der Waals surface area contributed by atoms with Gasteiger partial charge in [-0.05, 0) is 71.5 Å². The van der Waals surface area contributed by atoms with Crippen LogP contribution in [0, 0.1) is 0 Å². The molecule has 0 spiro atoms. The van der Waals surface area contributed by atoms with E-state index >= 15 is 0 Å². The van der Waals surface area contributed by atoms with Gasteiger partial charge in [-0.3, -0.25) is 14.6 Å². The van der Waals surface area contributed by atoms with Crippen molar-refractivity contribution in [1.82, 2.24) is 9.80 Å². The number of anilines is 2. The van der Waals surface area contributed by atoms with E-state index in [1.54, 1.807) is 54.7 Å². The quantitative estimate of drug-likeness (QED) is 0.0344. The normalized spacial score (nSPS) is 19.5. The van der Waals surface area contributed by atoms with Crippen LogP contribution >= 0.6 is 12.0 Å². The van der Waals surface area contributed by atoms with Gasteiger partial charge in [0.2, 0.25) is 0 Å². The Morgan fingerprint density at radius 1 is 0.677 bits per heavy atom. The third-order valence-corrected chi connectivity index (χ3v) is 13.0. The van der Waals surface area contributed by atoms with Crippen LogP contribution in [0.3, 0.4) is 0 Å². The molecule has 0 radical (unpaired) electrons. The van der Waals surface area contributed by atoms with Gasteiger partial charge in [-0.2, -0.15) is 4.33 Å². The van der Waals surface area contributed by atoms with E-state index in [1.165, 1.54) is 38.4 Å². The van der Waals surface area contributed by atoms with Gasteiger partial charge >= 0.3 is 59.1 Å². The van der Waals surface area contributed by atoms with Crippen LogP contribution in [0.2, 0.25) is 0 Å². The number of nitrogens with zero attached hydrogens (tertiary/aromatic N) is 2. The largest absolute Gasteiger partial charge is 1.00 e. The summed E-state index contributed by atoms with van der Waals surface area (Å²) in [6.07, 6.45) is 4.20. The maximum Gasteiger partial charge on any atom is 1.00 e. The Labute approximate surface area is 423 Å². The van der Waals surface area contributed by atoms with E-state index in [4.69, 9.17) is 32.8 Å². The summed E-state index contributed by atoms with van der Waals surface area (Å²) in [7, 11) is 0.986. The van der Waals surface area contributed by atoms with Crippen molar-refractivity contribution in [2.24, 2.45) is 0 Å². The zero-order valence-corrected chi connectivity index (χ0v) is 42.0. The van der Waals surface area contributed by atoms with Crippen LogP contribution in [-0.2, 0) is 19.5 Å². The molecule has 65 heavy (non-hydrogen) atoms. The van der Waals surface area contributed by atoms with E-state index in [-0.39, 0.29) is 107 Å². The summed E-state index contributed by atoms with van der Waals surface area (Å²) in [6.45, 7) is 0.205. The molecular weight excluding hydrogens is 907 g/mol. The summed E-state index contributed by atoms with van der Waals surface area (Å²) < 4.78 is 77.1. The molecule has 0 saturated heterocycles. The number of amides is 2. The fourth-order valence-corrected chi connectivity index (χ4v) is 9.63. The number of methoxy groups -OCH3 is 4. The van der Waals surface area contributed by atoms with Gasteiger partial charge in [0.25, 0.3) is 11.8 Å². The van der Waals surface area contributed by atoms with Gasteiger partial charge in [0.15, 0.2) is 23.0 Å². The van der Waals surface area contributed by atoms with Crippen LogP contribution in [0.15, 0.2) is 85.2 Å². The predicted molar refractivity (Wildman–Crippen MR) is 227 cm³/mol. The second kappa shape index (κ2) is 21.6. The Kier molecular flexibility index (Phi) is 16.7. The first-order valence-corrected chi connectivity index (χ1v) is 21.9. The molecule has 4 aromatic rings. The third kappa shape index (κ3) is 10.5. The predicted octanol–water partition coefficient (Wildman–Crippen LogP) is -0.992. The summed E-state index contributed by atoms with van der Waals surface area (Å²) in [5.41, 5.74) is 4.02. The van der Waals surface area contributed by atoms with Gasteiger partial charge in [-0.15, -0.1) is 0 Å². The molecule has 0 fully saturated rings. The number of carbonyl (C=O) groups is 2. The summed E-state index contributed by atoms with van der Waals surface area (Å²) in [4.78, 5) is 31.0. The van der Waals surface area contributed by atoms with E-state index in [2.05, 4.69) is 15.7 Å². The summed E-state index contributed by atoms with van der Waals surface area (Å²) in [5, 5.41) is 18.4. The van der Waals surface area contributed by atoms with Crippen molar-refractivity contribution in [3.05, 3.63) is 107 Å². The fourth-order valence-electron chi connectivity index (χ4n) is 8.10. The van der Waals surface area contributed by atoms with Crippen molar-refractivity contribution in [1.29, 1.82) is 0 Å². The Hall–Kier alpha value is -4.16. The average molecular weight is 949 g/mol. The zero-order valence-electron chi connectivity index (χ0n) is 36.4. The van der Waals surface area contributed by atoms with Crippen LogP contribution in [0.5, 0.6) is 34.5 Å². The van der Waals surface area contributed by atoms with Crippen molar-refractivity contribution in [3.8, 4) is 34.5 Å². The molecule has 2 amide bonds. The topological polar surface area (TPSA) is 219 Å². The second-order valence-corrected chi connectivity index (χ2v) is 17.1. The van der Waals surface area contributed by atoms with E-state index in [1.807, 2.05) is 30.3 Å². The number of hydrogen-bond acceptors (Lipinski definition) is 17. The first-order valence-electron chi connectivity index (χ1n) is 19.6. The molecule has 0 aliphatic carbocycles. The maximum atomic E-state index is 14.1. The van der Waals surface area contributed by atoms with Gasteiger partial charge in [-0.1, -0.05) is 24.3 Å². The molecule has 4 atom stereocenters. The molecule has 2 N–H and O–H groups in total. The minimum absolute atomic E-state index is 0. The Balaban J connectivity index is 0.00000350. The number of ether oxygens (including phenoxy) is 6. The molecule has 0 unspecified atom stereocenters. The molecule has 4 heterocycles. The molecule has 18 nitrogen and oxygen atoms in total. The average Bonchev–Trinajstić information content (AvgIpc) is 3.90. The van der Waals surface area contributed by atoms with Gasteiger partial charge < -0.3 is 58.7 Å². The van der Waals surface area contributed by atoms with Gasteiger partial charge in [0, 0.05) is 31.0 Å². The number of rotatable bonds is 16. The van der Waals surface area contributed by atoms with Crippen LogP contribution in [0.25, 0.3) is 11.1 Å². The minimum Gasteiger partial charge on any atom is -0.746 e. The molecule has 4 aliphatic rings. The maximum absolute atomic E-state index is 14.1. The number of carbonyl (C=O) groups excluding carboxylic acids is 2. The Morgan fingerprint density at radius 3 is 1.65 bits per heavy atom. The fraction of sp³-hybridized carbons (Fsp3) is 0.302. The molecule has 8 rings (SSSR count). The first kappa shape index (κ1) is 50.3. The van der Waals surface area contributed by atoms with Crippen LogP contribution < -0.4 is 103 Å². The van der Waals surface area contributed by atoms with Crippen molar-refractivity contribution < 1.29 is 125 Å². The molecule has 332 valence electrons. The Morgan fingerprint density at radius 2 is 1.17 bits per heavy atom. The third-order valence-electron chi connectivity index (χ3n) is 11.2. The van der Waals surface area contributed by atoms with Crippen molar-refractivity contribution in [2.75, 3.05) is 52.3 Å². The van der Waals surface area contributed by atoms with Gasteiger partial charge in [0.05, 0.1) is 88.3 Å². The van der Waals surface area contributed by atoms with Crippen LogP contribution in [0.4, 0.5) is 11.4 Å². The molecular formula is C43H42N4Na2O14S2. The number of fused-ring (bicyclic) bond motifs is 4. The van der Waals surface area contributed by atoms with Crippen LogP contribution in [0.1, 0.15) is 51.1 Å². The number of hydrogen-bond donors (Lipinski definition) is 2. The Bertz CT molecular complexity index is 2600. The van der Waals surface area contributed by atoms with Gasteiger partial charge in [0.1, 0.15) is 32.4 Å². The van der Waals surface area contributed by atoms with Gasteiger partial charge in [-0.25, -0.2) is 8.42 Å². The number of benzene rings is 4. The van der Waals surface area contributed by atoms with E-state index in [0.29, 0.717) is 52.7 Å². The number of nitrogens with one attached hydrogen (secondary N) is 2.